The SMILES string of the molecule is Cc1c(C(=O)Nc2nc3ccccc3s2)sc2ncnc(N(C)c3ccccc3)c12. The summed E-state index contributed by atoms with van der Waals surface area (Å²) >= 11 is 2.84. The van der Waals surface area contributed by atoms with Crippen molar-refractivity contribution in [3.63, 3.8) is 0 Å². The van der Waals surface area contributed by atoms with Gasteiger partial charge in [-0.15, -0.1) is 11.3 Å². The molecule has 0 atom stereocenters. The highest BCUT2D eigenvalue weighted by molar-refractivity contribution is 7.23. The Morgan fingerprint density at radius 2 is 1.77 bits per heavy atom. The van der Waals surface area contributed by atoms with Crippen LogP contribution in [0.3, 0.4) is 0 Å². The van der Waals surface area contributed by atoms with E-state index in [-0.39, 0.29) is 5.91 Å². The number of nitrogens with zero attached hydrogens (tertiary/aromatic N) is 4. The second-order valence-electron chi connectivity index (χ2n) is 6.77. The number of fused-ring (bicyclic) bond motifs is 2. The van der Waals surface area contributed by atoms with Gasteiger partial charge < -0.3 is 4.90 Å². The molecule has 0 unspecified atom stereocenters. The van der Waals surface area contributed by atoms with E-state index in [2.05, 4.69) is 20.3 Å². The van der Waals surface area contributed by atoms with E-state index in [1.165, 1.54) is 22.7 Å². The zero-order chi connectivity index (χ0) is 20.7. The molecule has 0 aliphatic heterocycles. The Bertz CT molecular complexity index is 1340. The summed E-state index contributed by atoms with van der Waals surface area (Å²) in [4.78, 5) is 29.9. The average molecular weight is 432 g/mol. The van der Waals surface area contributed by atoms with Crippen LogP contribution >= 0.6 is 22.7 Å². The molecule has 0 bridgehead atoms. The third kappa shape index (κ3) is 3.20. The summed E-state index contributed by atoms with van der Waals surface area (Å²) in [5, 5.41) is 4.43. The van der Waals surface area contributed by atoms with E-state index in [4.69, 9.17) is 0 Å². The molecule has 5 rings (SSSR count). The lowest BCUT2D eigenvalue weighted by Crippen LogP contribution is -2.13. The molecule has 1 amide bonds. The van der Waals surface area contributed by atoms with Crippen LogP contribution in [0.2, 0.25) is 0 Å². The predicted molar refractivity (Wildman–Crippen MR) is 124 cm³/mol. The Kier molecular flexibility index (Phi) is 4.65. The summed E-state index contributed by atoms with van der Waals surface area (Å²) in [6.07, 6.45) is 1.54. The highest BCUT2D eigenvalue weighted by Crippen LogP contribution is 2.37. The van der Waals surface area contributed by atoms with Crippen molar-refractivity contribution in [3.8, 4) is 0 Å². The molecule has 6 nitrogen and oxygen atoms in total. The van der Waals surface area contributed by atoms with Gasteiger partial charge in [0.1, 0.15) is 17.0 Å². The molecular weight excluding hydrogens is 414 g/mol. The van der Waals surface area contributed by atoms with Crippen molar-refractivity contribution in [3.05, 3.63) is 71.4 Å². The number of rotatable bonds is 4. The van der Waals surface area contributed by atoms with Crippen LogP contribution in [0, 0.1) is 6.92 Å². The molecule has 3 heterocycles. The number of thiazole rings is 1. The first-order valence-corrected chi connectivity index (χ1v) is 10.9. The van der Waals surface area contributed by atoms with Gasteiger partial charge in [0.15, 0.2) is 5.13 Å². The molecule has 0 saturated heterocycles. The fourth-order valence-electron chi connectivity index (χ4n) is 3.38. The van der Waals surface area contributed by atoms with Crippen LogP contribution in [0.4, 0.5) is 16.6 Å². The maximum absolute atomic E-state index is 13.0. The smallest absolute Gasteiger partial charge is 0.267 e. The fourth-order valence-corrected chi connectivity index (χ4v) is 5.28. The largest absolute Gasteiger partial charge is 0.329 e. The zero-order valence-corrected chi connectivity index (χ0v) is 17.9. The first kappa shape index (κ1) is 18.7. The van der Waals surface area contributed by atoms with Crippen LogP contribution in [-0.4, -0.2) is 27.9 Å². The van der Waals surface area contributed by atoms with Crippen LogP contribution in [0.15, 0.2) is 60.9 Å². The molecule has 1 N–H and O–H groups in total. The van der Waals surface area contributed by atoms with Crippen molar-refractivity contribution in [2.45, 2.75) is 6.92 Å². The molecule has 148 valence electrons. The van der Waals surface area contributed by atoms with E-state index in [9.17, 15) is 4.79 Å². The lowest BCUT2D eigenvalue weighted by Gasteiger charge is -2.19. The molecule has 0 spiro atoms. The maximum atomic E-state index is 13.0. The van der Waals surface area contributed by atoms with Crippen molar-refractivity contribution >= 4 is 65.7 Å². The lowest BCUT2D eigenvalue weighted by molar-refractivity contribution is 0.103. The van der Waals surface area contributed by atoms with E-state index in [1.54, 1.807) is 6.33 Å². The molecule has 0 aliphatic rings. The van der Waals surface area contributed by atoms with Gasteiger partial charge >= 0.3 is 0 Å². The Morgan fingerprint density at radius 3 is 2.57 bits per heavy atom. The van der Waals surface area contributed by atoms with Gasteiger partial charge in [0.2, 0.25) is 0 Å². The minimum atomic E-state index is -0.178. The zero-order valence-electron chi connectivity index (χ0n) is 16.3. The van der Waals surface area contributed by atoms with Crippen molar-refractivity contribution in [2.24, 2.45) is 0 Å². The second-order valence-corrected chi connectivity index (χ2v) is 8.80. The summed E-state index contributed by atoms with van der Waals surface area (Å²) < 4.78 is 1.04. The Morgan fingerprint density at radius 1 is 1.00 bits per heavy atom. The number of aromatic nitrogens is 3. The number of anilines is 3. The quantitative estimate of drug-likeness (QED) is 0.399. The summed E-state index contributed by atoms with van der Waals surface area (Å²) in [7, 11) is 1.97. The standard InChI is InChI=1S/C22H17N5OS2/c1-13-17-19(27(2)14-8-4-3-5-9-14)23-12-24-21(17)30-18(13)20(28)26-22-25-15-10-6-7-11-16(15)29-22/h3-12H,1-2H3,(H,25,26,28). The number of amides is 1. The Balaban J connectivity index is 1.52. The Labute approximate surface area is 180 Å². The van der Waals surface area contributed by atoms with Gasteiger partial charge in [0, 0.05) is 12.7 Å². The van der Waals surface area contributed by atoms with Gasteiger partial charge in [-0.25, -0.2) is 15.0 Å². The monoisotopic (exact) mass is 431 g/mol. The van der Waals surface area contributed by atoms with Crippen LogP contribution < -0.4 is 10.2 Å². The van der Waals surface area contributed by atoms with E-state index in [1.807, 2.05) is 73.5 Å². The second kappa shape index (κ2) is 7.47. The van der Waals surface area contributed by atoms with E-state index >= 15 is 0 Å². The number of aryl methyl sites for hydroxylation is 1. The Hall–Kier alpha value is -3.36. The van der Waals surface area contributed by atoms with Crippen molar-refractivity contribution in [1.29, 1.82) is 0 Å². The number of hydrogen-bond donors (Lipinski definition) is 1. The number of hydrogen-bond acceptors (Lipinski definition) is 7. The fraction of sp³-hybridized carbons (Fsp3) is 0.0909. The topological polar surface area (TPSA) is 71.0 Å². The third-order valence-electron chi connectivity index (χ3n) is 4.89. The minimum Gasteiger partial charge on any atom is -0.329 e. The number of thiophene rings is 1. The van der Waals surface area contributed by atoms with Gasteiger partial charge in [0.25, 0.3) is 5.91 Å². The van der Waals surface area contributed by atoms with Gasteiger partial charge in [-0.2, -0.15) is 0 Å². The summed E-state index contributed by atoms with van der Waals surface area (Å²) in [5.74, 6) is 0.599. The van der Waals surface area contributed by atoms with Gasteiger partial charge in [-0.3, -0.25) is 10.1 Å². The van der Waals surface area contributed by atoms with E-state index in [0.717, 1.165) is 37.5 Å². The normalized spacial score (nSPS) is 11.1. The number of carbonyl (C=O) groups excluding carboxylic acids is 1. The molecule has 2 aromatic carbocycles. The first-order valence-electron chi connectivity index (χ1n) is 9.31. The summed E-state index contributed by atoms with van der Waals surface area (Å²) in [6, 6.07) is 17.8. The van der Waals surface area contributed by atoms with Crippen LogP contribution in [0.1, 0.15) is 15.2 Å². The van der Waals surface area contributed by atoms with Crippen LogP contribution in [0.25, 0.3) is 20.4 Å². The van der Waals surface area contributed by atoms with Gasteiger partial charge in [0.05, 0.1) is 20.5 Å². The molecule has 5 aromatic rings. The molecule has 0 fully saturated rings. The van der Waals surface area contributed by atoms with Crippen molar-refractivity contribution < 1.29 is 4.79 Å². The third-order valence-corrected chi connectivity index (χ3v) is 7.04. The molecule has 30 heavy (non-hydrogen) atoms. The number of para-hydroxylation sites is 2. The predicted octanol–water partition coefficient (Wildman–Crippen LogP) is 5.63. The average Bonchev–Trinajstić information content (AvgIpc) is 3.34. The first-order chi connectivity index (χ1) is 14.6. The molecule has 0 aliphatic carbocycles. The highest BCUT2D eigenvalue weighted by Gasteiger charge is 2.22. The van der Waals surface area contributed by atoms with Crippen LogP contribution in [0.5, 0.6) is 0 Å². The lowest BCUT2D eigenvalue weighted by atomic mass is 10.2. The van der Waals surface area contributed by atoms with Gasteiger partial charge in [-0.1, -0.05) is 41.7 Å². The van der Waals surface area contributed by atoms with Gasteiger partial charge in [-0.05, 0) is 36.8 Å². The minimum absolute atomic E-state index is 0.178. The maximum Gasteiger partial charge on any atom is 0.267 e. The van der Waals surface area contributed by atoms with E-state index in [0.29, 0.717) is 10.0 Å². The molecule has 8 heteroatoms. The highest BCUT2D eigenvalue weighted by atomic mass is 32.1. The van der Waals surface area contributed by atoms with Crippen molar-refractivity contribution in [1.82, 2.24) is 15.0 Å². The number of carbonyl (C=O) groups is 1. The molecule has 3 aromatic heterocycles. The van der Waals surface area contributed by atoms with Crippen molar-refractivity contribution in [2.75, 3.05) is 17.3 Å². The molecular formula is C22H17N5OS2. The molecule has 0 saturated carbocycles. The van der Waals surface area contributed by atoms with Crippen LogP contribution in [-0.2, 0) is 0 Å². The molecule has 0 radical (unpaired) electrons. The number of benzene rings is 2. The summed E-state index contributed by atoms with van der Waals surface area (Å²) in [5.41, 5.74) is 2.76. The summed E-state index contributed by atoms with van der Waals surface area (Å²) in [6.45, 7) is 1.94. The van der Waals surface area contributed by atoms with E-state index < -0.39 is 0 Å². The number of nitrogens with one attached hydrogen (secondary N) is 1.